The van der Waals surface area contributed by atoms with Gasteiger partial charge in [0.15, 0.2) is 0 Å². The second-order valence-electron chi connectivity index (χ2n) is 9.89. The lowest BCUT2D eigenvalue weighted by atomic mass is 9.84. The van der Waals surface area contributed by atoms with E-state index in [0.29, 0.717) is 48.3 Å². The van der Waals surface area contributed by atoms with Gasteiger partial charge in [-0.2, -0.15) is 0 Å². The molecule has 2 aliphatic heterocycles. The number of pyridine rings is 1. The van der Waals surface area contributed by atoms with Crippen LogP contribution in [-0.4, -0.2) is 57.7 Å². The molecule has 7 nitrogen and oxygen atoms in total. The van der Waals surface area contributed by atoms with E-state index in [1.807, 2.05) is 40.1 Å². The lowest BCUT2D eigenvalue weighted by molar-refractivity contribution is -0.138. The fraction of sp³-hybridized carbons (Fsp3) is 0.481. The van der Waals surface area contributed by atoms with Gasteiger partial charge in [0.25, 0.3) is 5.91 Å². The van der Waals surface area contributed by atoms with Crippen LogP contribution >= 0.6 is 11.6 Å². The maximum absolute atomic E-state index is 13.7. The van der Waals surface area contributed by atoms with Crippen molar-refractivity contribution in [2.24, 2.45) is 11.8 Å². The number of likely N-dealkylation sites (tertiary alicyclic amines) is 2. The molecule has 184 valence electrons. The number of rotatable bonds is 4. The van der Waals surface area contributed by atoms with Crippen molar-refractivity contribution >= 4 is 35.1 Å². The summed E-state index contributed by atoms with van der Waals surface area (Å²) in [4.78, 5) is 47.8. The van der Waals surface area contributed by atoms with Crippen LogP contribution in [0.5, 0.6) is 0 Å². The third kappa shape index (κ3) is 5.06. The van der Waals surface area contributed by atoms with Crippen molar-refractivity contribution in [3.63, 3.8) is 0 Å². The highest BCUT2D eigenvalue weighted by molar-refractivity contribution is 6.30. The number of aromatic nitrogens is 1. The van der Waals surface area contributed by atoms with Gasteiger partial charge in [-0.25, -0.2) is 4.98 Å². The average molecular weight is 495 g/mol. The van der Waals surface area contributed by atoms with E-state index < -0.39 is 6.04 Å². The number of carbonyl (C=O) groups is 3. The molecule has 35 heavy (non-hydrogen) atoms. The average Bonchev–Trinajstić information content (AvgIpc) is 3.29. The van der Waals surface area contributed by atoms with Gasteiger partial charge in [-0.1, -0.05) is 42.6 Å². The SMILES string of the molecule is O=C(Nc1ccc(Cl)cn1)C1CCN(C(=O)C2CC3CCCCC3N2C(=O)c2ccccc2)CC1. The van der Waals surface area contributed by atoms with Crippen molar-refractivity contribution in [1.82, 2.24) is 14.8 Å². The molecule has 0 radical (unpaired) electrons. The topological polar surface area (TPSA) is 82.6 Å². The molecule has 1 aromatic heterocycles. The van der Waals surface area contributed by atoms with Gasteiger partial charge < -0.3 is 15.1 Å². The summed E-state index contributed by atoms with van der Waals surface area (Å²) in [7, 11) is 0. The van der Waals surface area contributed by atoms with E-state index in [4.69, 9.17) is 11.6 Å². The van der Waals surface area contributed by atoms with Gasteiger partial charge in [0, 0.05) is 36.8 Å². The number of fused-ring (bicyclic) bond motifs is 1. The van der Waals surface area contributed by atoms with Crippen molar-refractivity contribution in [2.75, 3.05) is 18.4 Å². The molecule has 1 saturated carbocycles. The quantitative estimate of drug-likeness (QED) is 0.683. The van der Waals surface area contributed by atoms with Crippen molar-refractivity contribution in [2.45, 2.75) is 57.0 Å². The number of piperidine rings is 1. The van der Waals surface area contributed by atoms with Crippen molar-refractivity contribution in [3.05, 3.63) is 59.2 Å². The van der Waals surface area contributed by atoms with Crippen LogP contribution in [0.3, 0.4) is 0 Å². The van der Waals surface area contributed by atoms with Crippen LogP contribution < -0.4 is 5.32 Å². The highest BCUT2D eigenvalue weighted by atomic mass is 35.5. The molecule has 3 unspecified atom stereocenters. The Labute approximate surface area is 210 Å². The summed E-state index contributed by atoms with van der Waals surface area (Å²) >= 11 is 5.86. The molecule has 2 saturated heterocycles. The lowest BCUT2D eigenvalue weighted by Crippen LogP contribution is -2.52. The van der Waals surface area contributed by atoms with Crippen molar-refractivity contribution in [1.29, 1.82) is 0 Å². The number of nitrogens with one attached hydrogen (secondary N) is 1. The zero-order chi connectivity index (χ0) is 24.4. The molecule has 0 spiro atoms. The Morgan fingerprint density at radius 3 is 2.40 bits per heavy atom. The molecular formula is C27H31ClN4O3. The van der Waals surface area contributed by atoms with Crippen molar-refractivity contribution in [3.8, 4) is 0 Å². The first-order valence-electron chi connectivity index (χ1n) is 12.6. The van der Waals surface area contributed by atoms with Gasteiger partial charge in [-0.05, 0) is 62.3 Å². The molecule has 3 heterocycles. The van der Waals surface area contributed by atoms with E-state index in [2.05, 4.69) is 10.3 Å². The highest BCUT2D eigenvalue weighted by Gasteiger charge is 2.48. The second kappa shape index (κ2) is 10.4. The van der Waals surface area contributed by atoms with E-state index >= 15 is 0 Å². The normalized spacial score (nSPS) is 24.7. The van der Waals surface area contributed by atoms with E-state index in [0.717, 1.165) is 25.7 Å². The molecule has 3 atom stereocenters. The highest BCUT2D eigenvalue weighted by Crippen LogP contribution is 2.41. The third-order valence-corrected chi connectivity index (χ3v) is 8.01. The standard InChI is InChI=1S/C27H31ClN4O3/c28-21-10-11-24(29-17-21)30-25(33)18-12-14-31(15-13-18)27(35)23-16-20-8-4-5-9-22(20)32(23)26(34)19-6-2-1-3-7-19/h1-3,6-7,10-11,17-18,20,22-23H,4-5,8-9,12-16H2,(H,29,30,33). The number of amides is 3. The Morgan fingerprint density at radius 2 is 1.69 bits per heavy atom. The van der Waals surface area contributed by atoms with Crippen LogP contribution in [0.25, 0.3) is 0 Å². The fourth-order valence-electron chi connectivity index (χ4n) is 5.95. The molecule has 3 aliphatic rings. The number of nitrogens with zero attached hydrogens (tertiary/aromatic N) is 3. The fourth-order valence-corrected chi connectivity index (χ4v) is 6.07. The molecule has 1 aliphatic carbocycles. The van der Waals surface area contributed by atoms with E-state index in [-0.39, 0.29) is 29.7 Å². The molecule has 5 rings (SSSR count). The van der Waals surface area contributed by atoms with E-state index in [1.165, 1.54) is 12.6 Å². The Kier molecular flexibility index (Phi) is 7.04. The molecule has 1 aromatic carbocycles. The smallest absolute Gasteiger partial charge is 0.254 e. The van der Waals surface area contributed by atoms with E-state index in [9.17, 15) is 14.4 Å². The van der Waals surface area contributed by atoms with Crippen LogP contribution in [0.4, 0.5) is 5.82 Å². The van der Waals surface area contributed by atoms with Crippen LogP contribution in [0, 0.1) is 11.8 Å². The number of carbonyl (C=O) groups excluding carboxylic acids is 3. The Hall–Kier alpha value is -2.93. The maximum atomic E-state index is 13.7. The summed E-state index contributed by atoms with van der Waals surface area (Å²) in [5, 5.41) is 3.36. The number of halogens is 1. The lowest BCUT2D eigenvalue weighted by Gasteiger charge is -2.37. The second-order valence-corrected chi connectivity index (χ2v) is 10.3. The monoisotopic (exact) mass is 494 g/mol. The van der Waals surface area contributed by atoms with Crippen LogP contribution in [0.1, 0.15) is 55.3 Å². The number of anilines is 1. The van der Waals surface area contributed by atoms with Crippen LogP contribution in [-0.2, 0) is 9.59 Å². The number of hydrogen-bond donors (Lipinski definition) is 1. The molecule has 3 fully saturated rings. The van der Waals surface area contributed by atoms with Crippen molar-refractivity contribution < 1.29 is 14.4 Å². The first-order valence-corrected chi connectivity index (χ1v) is 13.0. The molecular weight excluding hydrogens is 464 g/mol. The predicted octanol–water partition coefficient (Wildman–Crippen LogP) is 4.39. The van der Waals surface area contributed by atoms with Gasteiger partial charge in [0.1, 0.15) is 11.9 Å². The minimum Gasteiger partial charge on any atom is -0.341 e. The Bertz CT molecular complexity index is 1070. The van der Waals surface area contributed by atoms with Gasteiger partial charge in [0.05, 0.1) is 5.02 Å². The number of hydrogen-bond acceptors (Lipinski definition) is 4. The minimum absolute atomic E-state index is 0.0295. The molecule has 3 amide bonds. The van der Waals surface area contributed by atoms with E-state index in [1.54, 1.807) is 12.1 Å². The summed E-state index contributed by atoms with van der Waals surface area (Å²) in [5.41, 5.74) is 0.641. The number of benzene rings is 1. The summed E-state index contributed by atoms with van der Waals surface area (Å²) < 4.78 is 0. The van der Waals surface area contributed by atoms with Gasteiger partial charge in [0.2, 0.25) is 11.8 Å². The van der Waals surface area contributed by atoms with Crippen LogP contribution in [0.15, 0.2) is 48.7 Å². The molecule has 1 N–H and O–H groups in total. The molecule has 0 bridgehead atoms. The first-order chi connectivity index (χ1) is 17.0. The summed E-state index contributed by atoms with van der Waals surface area (Å²) in [6, 6.07) is 12.4. The van der Waals surface area contributed by atoms with Gasteiger partial charge >= 0.3 is 0 Å². The maximum Gasteiger partial charge on any atom is 0.254 e. The van der Waals surface area contributed by atoms with Crippen LogP contribution in [0.2, 0.25) is 5.02 Å². The molecule has 2 aromatic rings. The summed E-state index contributed by atoms with van der Waals surface area (Å²) in [6.45, 7) is 1.04. The summed E-state index contributed by atoms with van der Waals surface area (Å²) in [5.74, 6) is 0.594. The Morgan fingerprint density at radius 1 is 0.943 bits per heavy atom. The zero-order valence-electron chi connectivity index (χ0n) is 19.7. The first kappa shape index (κ1) is 23.8. The molecule has 8 heteroatoms. The predicted molar refractivity (Wildman–Crippen MR) is 134 cm³/mol. The Balaban J connectivity index is 1.24. The largest absolute Gasteiger partial charge is 0.341 e. The zero-order valence-corrected chi connectivity index (χ0v) is 20.5. The summed E-state index contributed by atoms with van der Waals surface area (Å²) in [6.07, 6.45) is 7.74. The van der Waals surface area contributed by atoms with Gasteiger partial charge in [-0.3, -0.25) is 14.4 Å². The third-order valence-electron chi connectivity index (χ3n) is 7.78. The van der Waals surface area contributed by atoms with Gasteiger partial charge in [-0.15, -0.1) is 0 Å². The minimum atomic E-state index is -0.417.